The van der Waals surface area contributed by atoms with E-state index in [0.717, 1.165) is 12.8 Å². The Bertz CT molecular complexity index is 371. The summed E-state index contributed by atoms with van der Waals surface area (Å²) in [7, 11) is 0. The van der Waals surface area contributed by atoms with Crippen LogP contribution in [0, 0.1) is 5.82 Å². The lowest BCUT2D eigenvalue weighted by molar-refractivity contribution is 0.568. The first-order valence-corrected chi connectivity index (χ1v) is 5.92. The zero-order chi connectivity index (χ0) is 11.7. The van der Waals surface area contributed by atoms with Gasteiger partial charge in [-0.1, -0.05) is 6.92 Å². The van der Waals surface area contributed by atoms with Gasteiger partial charge in [0.1, 0.15) is 6.33 Å². The predicted molar refractivity (Wildman–Crippen MR) is 62.0 cm³/mol. The fraction of sp³-hybridized carbons (Fsp3) is 0.667. The van der Waals surface area contributed by atoms with Crippen LogP contribution in [0.15, 0.2) is 6.33 Å². The van der Waals surface area contributed by atoms with E-state index >= 15 is 0 Å². The normalized spacial score (nSPS) is 25.1. The van der Waals surface area contributed by atoms with Gasteiger partial charge in [-0.3, -0.25) is 0 Å². The van der Waals surface area contributed by atoms with Gasteiger partial charge in [0.15, 0.2) is 11.6 Å². The molecule has 0 spiro atoms. The third-order valence-electron chi connectivity index (χ3n) is 3.37. The molecule has 1 saturated heterocycles. The SMILES string of the molecule is CCc1ncnc(N2C(C)CCC2C)c1F. The molecule has 1 fully saturated rings. The lowest BCUT2D eigenvalue weighted by Crippen LogP contribution is -2.34. The number of aryl methyl sites for hydroxylation is 1. The summed E-state index contributed by atoms with van der Waals surface area (Å²) in [6.07, 6.45) is 4.28. The Morgan fingerprint density at radius 3 is 2.50 bits per heavy atom. The molecule has 1 aliphatic rings. The van der Waals surface area contributed by atoms with Crippen LogP contribution in [0.4, 0.5) is 10.2 Å². The summed E-state index contributed by atoms with van der Waals surface area (Å²) in [4.78, 5) is 10.2. The zero-order valence-corrected chi connectivity index (χ0v) is 10.1. The minimum atomic E-state index is -0.245. The van der Waals surface area contributed by atoms with Crippen LogP contribution in [0.1, 0.15) is 39.3 Å². The van der Waals surface area contributed by atoms with Gasteiger partial charge in [0.25, 0.3) is 0 Å². The van der Waals surface area contributed by atoms with E-state index in [0.29, 0.717) is 30.0 Å². The fourth-order valence-corrected chi connectivity index (χ4v) is 2.43. The zero-order valence-electron chi connectivity index (χ0n) is 10.1. The van der Waals surface area contributed by atoms with Gasteiger partial charge in [0.05, 0.1) is 5.69 Å². The Kier molecular flexibility index (Phi) is 3.08. The van der Waals surface area contributed by atoms with Gasteiger partial charge in [-0.2, -0.15) is 0 Å². The minimum Gasteiger partial charge on any atom is -0.349 e. The van der Waals surface area contributed by atoms with Crippen molar-refractivity contribution in [2.24, 2.45) is 0 Å². The molecule has 2 rings (SSSR count). The molecule has 0 saturated carbocycles. The molecule has 2 atom stereocenters. The molecule has 0 aliphatic carbocycles. The second-order valence-electron chi connectivity index (χ2n) is 4.49. The molecule has 0 amide bonds. The van der Waals surface area contributed by atoms with Crippen molar-refractivity contribution in [2.45, 2.75) is 52.1 Å². The average molecular weight is 223 g/mol. The molecule has 4 heteroatoms. The van der Waals surface area contributed by atoms with Crippen LogP contribution in [-0.4, -0.2) is 22.1 Å². The molecule has 16 heavy (non-hydrogen) atoms. The monoisotopic (exact) mass is 223 g/mol. The van der Waals surface area contributed by atoms with Gasteiger partial charge < -0.3 is 4.90 Å². The summed E-state index contributed by atoms with van der Waals surface area (Å²) >= 11 is 0. The van der Waals surface area contributed by atoms with Crippen molar-refractivity contribution in [3.63, 3.8) is 0 Å². The van der Waals surface area contributed by atoms with Crippen molar-refractivity contribution in [3.8, 4) is 0 Å². The number of anilines is 1. The quantitative estimate of drug-likeness (QED) is 0.771. The maximum atomic E-state index is 14.1. The topological polar surface area (TPSA) is 29.0 Å². The van der Waals surface area contributed by atoms with Gasteiger partial charge in [0.2, 0.25) is 0 Å². The van der Waals surface area contributed by atoms with Crippen LogP contribution in [0.2, 0.25) is 0 Å². The lowest BCUT2D eigenvalue weighted by Gasteiger charge is -2.27. The Labute approximate surface area is 95.7 Å². The molecule has 3 nitrogen and oxygen atoms in total. The molecule has 0 aromatic carbocycles. The third kappa shape index (κ3) is 1.77. The van der Waals surface area contributed by atoms with Gasteiger partial charge in [-0.25, -0.2) is 14.4 Å². The summed E-state index contributed by atoms with van der Waals surface area (Å²) < 4.78 is 14.1. The van der Waals surface area contributed by atoms with Gasteiger partial charge in [0, 0.05) is 12.1 Å². The Hall–Kier alpha value is -1.19. The molecular formula is C12H18FN3. The number of rotatable bonds is 2. The largest absolute Gasteiger partial charge is 0.349 e. The molecule has 0 N–H and O–H groups in total. The number of nitrogens with zero attached hydrogens (tertiary/aromatic N) is 3. The van der Waals surface area contributed by atoms with E-state index in [4.69, 9.17) is 0 Å². The fourth-order valence-electron chi connectivity index (χ4n) is 2.43. The van der Waals surface area contributed by atoms with Crippen molar-refractivity contribution >= 4 is 5.82 Å². The highest BCUT2D eigenvalue weighted by Crippen LogP contribution is 2.30. The van der Waals surface area contributed by atoms with E-state index < -0.39 is 0 Å². The van der Waals surface area contributed by atoms with Crippen molar-refractivity contribution in [3.05, 3.63) is 17.8 Å². The molecular weight excluding hydrogens is 205 g/mol. The maximum absolute atomic E-state index is 14.1. The van der Waals surface area contributed by atoms with Gasteiger partial charge >= 0.3 is 0 Å². The van der Waals surface area contributed by atoms with Crippen molar-refractivity contribution in [2.75, 3.05) is 4.90 Å². The first-order valence-electron chi connectivity index (χ1n) is 5.92. The van der Waals surface area contributed by atoms with Crippen LogP contribution in [-0.2, 0) is 6.42 Å². The standard InChI is InChI=1S/C12H18FN3/c1-4-10-11(13)12(15-7-14-10)16-8(2)5-6-9(16)3/h7-9H,4-6H2,1-3H3. The number of halogens is 1. The Morgan fingerprint density at radius 2 is 1.94 bits per heavy atom. The molecule has 1 aliphatic heterocycles. The number of hydrogen-bond acceptors (Lipinski definition) is 3. The van der Waals surface area contributed by atoms with Crippen LogP contribution < -0.4 is 4.90 Å². The summed E-state index contributed by atoms with van der Waals surface area (Å²) in [5, 5.41) is 0. The summed E-state index contributed by atoms with van der Waals surface area (Å²) in [6, 6.07) is 0.730. The van der Waals surface area contributed by atoms with E-state index in [1.54, 1.807) is 0 Å². The molecule has 2 heterocycles. The highest BCUT2D eigenvalue weighted by Gasteiger charge is 2.30. The van der Waals surface area contributed by atoms with Crippen molar-refractivity contribution < 1.29 is 4.39 Å². The molecule has 88 valence electrons. The first-order chi connectivity index (χ1) is 7.65. The van der Waals surface area contributed by atoms with Crippen molar-refractivity contribution in [1.82, 2.24) is 9.97 Å². The van der Waals surface area contributed by atoms with Crippen molar-refractivity contribution in [1.29, 1.82) is 0 Å². The minimum absolute atomic E-state index is 0.245. The second-order valence-corrected chi connectivity index (χ2v) is 4.49. The summed E-state index contributed by atoms with van der Waals surface area (Å²) in [5.41, 5.74) is 0.510. The Balaban J connectivity index is 2.39. The smallest absolute Gasteiger partial charge is 0.187 e. The Morgan fingerprint density at radius 1 is 1.31 bits per heavy atom. The van der Waals surface area contributed by atoms with Gasteiger partial charge in [-0.05, 0) is 33.1 Å². The van der Waals surface area contributed by atoms with Crippen LogP contribution in [0.3, 0.4) is 0 Å². The third-order valence-corrected chi connectivity index (χ3v) is 3.37. The number of aromatic nitrogens is 2. The highest BCUT2D eigenvalue weighted by molar-refractivity contribution is 5.44. The molecule has 0 radical (unpaired) electrons. The molecule has 2 unspecified atom stereocenters. The van der Waals surface area contributed by atoms with Crippen LogP contribution in [0.25, 0.3) is 0 Å². The molecule has 0 bridgehead atoms. The van der Waals surface area contributed by atoms with E-state index in [-0.39, 0.29) is 5.82 Å². The molecule has 1 aromatic heterocycles. The van der Waals surface area contributed by atoms with E-state index in [1.807, 2.05) is 6.92 Å². The van der Waals surface area contributed by atoms with Crippen LogP contribution in [0.5, 0.6) is 0 Å². The number of hydrogen-bond donors (Lipinski definition) is 0. The van der Waals surface area contributed by atoms with E-state index in [9.17, 15) is 4.39 Å². The van der Waals surface area contributed by atoms with Crippen LogP contribution >= 0.6 is 0 Å². The summed E-state index contributed by atoms with van der Waals surface area (Å²) in [6.45, 7) is 6.15. The van der Waals surface area contributed by atoms with E-state index in [1.165, 1.54) is 6.33 Å². The molecule has 1 aromatic rings. The average Bonchev–Trinajstić information content (AvgIpc) is 2.60. The second kappa shape index (κ2) is 4.36. The lowest BCUT2D eigenvalue weighted by atomic mass is 10.2. The summed E-state index contributed by atoms with van der Waals surface area (Å²) in [5.74, 6) is 0.231. The highest BCUT2D eigenvalue weighted by atomic mass is 19.1. The van der Waals surface area contributed by atoms with E-state index in [2.05, 4.69) is 28.7 Å². The van der Waals surface area contributed by atoms with Gasteiger partial charge in [-0.15, -0.1) is 0 Å². The predicted octanol–water partition coefficient (Wildman–Crippen LogP) is 2.56. The maximum Gasteiger partial charge on any atom is 0.187 e. The first kappa shape index (κ1) is 11.3.